The Morgan fingerprint density at radius 1 is 1.21 bits per heavy atom. The van der Waals surface area contributed by atoms with Gasteiger partial charge in [-0.2, -0.15) is 0 Å². The lowest BCUT2D eigenvalue weighted by Gasteiger charge is -2.36. The molecule has 1 unspecified atom stereocenters. The summed E-state index contributed by atoms with van der Waals surface area (Å²) in [5.41, 5.74) is 4.27. The second-order valence-electron chi connectivity index (χ2n) is 8.28. The summed E-state index contributed by atoms with van der Waals surface area (Å²) in [5, 5.41) is 0. The summed E-state index contributed by atoms with van der Waals surface area (Å²) in [4.78, 5) is 37.3. The zero-order chi connectivity index (χ0) is 19.8. The largest absolute Gasteiger partial charge is 0.345 e. The molecule has 28 heavy (non-hydrogen) atoms. The van der Waals surface area contributed by atoms with Gasteiger partial charge in [0, 0.05) is 42.7 Å². The highest BCUT2D eigenvalue weighted by Crippen LogP contribution is 2.28. The number of fused-ring (bicyclic) bond motifs is 1. The van der Waals surface area contributed by atoms with Crippen LogP contribution in [0.25, 0.3) is 0 Å². The van der Waals surface area contributed by atoms with E-state index in [0.29, 0.717) is 25.4 Å². The van der Waals surface area contributed by atoms with Crippen LogP contribution in [-0.2, 0) is 22.4 Å². The van der Waals surface area contributed by atoms with Crippen molar-refractivity contribution in [1.29, 1.82) is 0 Å². The van der Waals surface area contributed by atoms with Crippen molar-refractivity contribution in [2.75, 3.05) is 24.5 Å². The first-order valence-electron chi connectivity index (χ1n) is 10.2. The van der Waals surface area contributed by atoms with Crippen molar-refractivity contribution in [3.05, 3.63) is 47.0 Å². The van der Waals surface area contributed by atoms with Gasteiger partial charge in [-0.15, -0.1) is 0 Å². The van der Waals surface area contributed by atoms with Crippen molar-refractivity contribution < 1.29 is 9.59 Å². The van der Waals surface area contributed by atoms with E-state index >= 15 is 0 Å². The maximum Gasteiger partial charge on any atom is 0.246 e. The zero-order valence-electron chi connectivity index (χ0n) is 16.9. The standard InChI is InChI=1S/C22H28N4O2/c1-14(2)21-23-18-9-6-16(12-19(18)24-21)22(28)25-10-11-26(20(27)13-25)17-7-4-15(3)5-8-17/h4-5,7-8,14,16H,6,9-13H2,1-3H3,(H,23,24). The molecule has 1 aromatic carbocycles. The predicted octanol–water partition coefficient (Wildman–Crippen LogP) is 2.82. The van der Waals surface area contributed by atoms with E-state index in [1.54, 1.807) is 9.80 Å². The van der Waals surface area contributed by atoms with Gasteiger partial charge >= 0.3 is 0 Å². The Morgan fingerprint density at radius 2 is 1.96 bits per heavy atom. The van der Waals surface area contributed by atoms with Crippen LogP contribution in [0, 0.1) is 12.8 Å². The Labute approximate surface area is 165 Å². The molecule has 6 heteroatoms. The summed E-state index contributed by atoms with van der Waals surface area (Å²) in [6.07, 6.45) is 2.33. The fourth-order valence-electron chi connectivity index (χ4n) is 4.10. The Kier molecular flexibility index (Phi) is 4.96. The van der Waals surface area contributed by atoms with Gasteiger partial charge in [0.1, 0.15) is 12.4 Å². The number of rotatable bonds is 3. The van der Waals surface area contributed by atoms with E-state index in [9.17, 15) is 9.59 Å². The van der Waals surface area contributed by atoms with Crippen LogP contribution < -0.4 is 4.90 Å². The number of imidazole rings is 1. The number of hydrogen-bond acceptors (Lipinski definition) is 3. The van der Waals surface area contributed by atoms with Crippen LogP contribution in [-0.4, -0.2) is 46.3 Å². The second kappa shape index (κ2) is 7.41. The van der Waals surface area contributed by atoms with E-state index in [-0.39, 0.29) is 24.3 Å². The van der Waals surface area contributed by atoms with Gasteiger partial charge in [0.25, 0.3) is 0 Å². The number of hydrogen-bond donors (Lipinski definition) is 1. The number of nitrogens with one attached hydrogen (secondary N) is 1. The summed E-state index contributed by atoms with van der Waals surface area (Å²) in [6, 6.07) is 7.96. The second-order valence-corrected chi connectivity index (χ2v) is 8.28. The molecule has 1 aliphatic heterocycles. The molecule has 2 amide bonds. The lowest BCUT2D eigenvalue weighted by molar-refractivity contribution is -0.140. The van der Waals surface area contributed by atoms with Crippen molar-refractivity contribution in [3.63, 3.8) is 0 Å². The molecule has 4 rings (SSSR count). The van der Waals surface area contributed by atoms with E-state index in [0.717, 1.165) is 35.7 Å². The summed E-state index contributed by atoms with van der Waals surface area (Å²) in [7, 11) is 0. The summed E-state index contributed by atoms with van der Waals surface area (Å²) < 4.78 is 0. The van der Waals surface area contributed by atoms with Gasteiger partial charge in [-0.05, 0) is 31.9 Å². The molecule has 2 aliphatic rings. The van der Waals surface area contributed by atoms with Gasteiger partial charge in [0.2, 0.25) is 11.8 Å². The monoisotopic (exact) mass is 380 g/mol. The Morgan fingerprint density at radius 3 is 2.64 bits per heavy atom. The topological polar surface area (TPSA) is 69.3 Å². The van der Waals surface area contributed by atoms with Crippen LogP contribution in [0.2, 0.25) is 0 Å². The number of aromatic amines is 1. The Bertz CT molecular complexity index is 884. The normalized spacial score (nSPS) is 19.9. The minimum Gasteiger partial charge on any atom is -0.345 e. The molecule has 1 fully saturated rings. The number of carbonyl (C=O) groups is 2. The maximum absolute atomic E-state index is 13.1. The minimum atomic E-state index is -0.0633. The van der Waals surface area contributed by atoms with E-state index in [1.807, 2.05) is 31.2 Å². The molecule has 148 valence electrons. The third-order valence-corrected chi connectivity index (χ3v) is 5.84. The molecule has 1 aromatic heterocycles. The molecule has 0 radical (unpaired) electrons. The van der Waals surface area contributed by atoms with Crippen LogP contribution in [0.5, 0.6) is 0 Å². The van der Waals surface area contributed by atoms with E-state index in [1.165, 1.54) is 5.56 Å². The number of aryl methyl sites for hydroxylation is 2. The molecule has 6 nitrogen and oxygen atoms in total. The lowest BCUT2D eigenvalue weighted by atomic mass is 9.88. The number of benzene rings is 1. The quantitative estimate of drug-likeness (QED) is 0.890. The highest BCUT2D eigenvalue weighted by atomic mass is 16.2. The van der Waals surface area contributed by atoms with E-state index in [4.69, 9.17) is 0 Å². The summed E-state index contributed by atoms with van der Waals surface area (Å²) in [5.74, 6) is 1.38. The number of carbonyl (C=O) groups excluding carboxylic acids is 2. The first kappa shape index (κ1) is 18.7. The van der Waals surface area contributed by atoms with Crippen molar-refractivity contribution in [2.45, 2.75) is 46.0 Å². The number of H-pyrrole nitrogens is 1. The number of amides is 2. The van der Waals surface area contributed by atoms with Crippen LogP contribution >= 0.6 is 0 Å². The third kappa shape index (κ3) is 3.55. The maximum atomic E-state index is 13.1. The number of aromatic nitrogens is 2. The first-order chi connectivity index (χ1) is 13.4. The van der Waals surface area contributed by atoms with Gasteiger partial charge in [0.05, 0.1) is 5.69 Å². The van der Waals surface area contributed by atoms with E-state index in [2.05, 4.69) is 23.8 Å². The third-order valence-electron chi connectivity index (χ3n) is 5.84. The minimum absolute atomic E-state index is 0.0106. The van der Waals surface area contributed by atoms with Crippen molar-refractivity contribution in [3.8, 4) is 0 Å². The average molecular weight is 380 g/mol. The molecule has 0 spiro atoms. The van der Waals surface area contributed by atoms with Gasteiger partial charge in [-0.1, -0.05) is 31.5 Å². The fraction of sp³-hybridized carbons (Fsp3) is 0.500. The first-order valence-corrected chi connectivity index (χ1v) is 10.2. The zero-order valence-corrected chi connectivity index (χ0v) is 16.9. The predicted molar refractivity (Wildman–Crippen MR) is 108 cm³/mol. The average Bonchev–Trinajstić information content (AvgIpc) is 3.12. The van der Waals surface area contributed by atoms with Crippen molar-refractivity contribution in [2.24, 2.45) is 5.92 Å². The Hall–Kier alpha value is -2.63. The number of anilines is 1. The number of piperazine rings is 1. The number of nitrogens with zero attached hydrogens (tertiary/aromatic N) is 3. The van der Waals surface area contributed by atoms with Crippen molar-refractivity contribution >= 4 is 17.5 Å². The molecule has 2 aromatic rings. The molecule has 0 saturated carbocycles. The van der Waals surface area contributed by atoms with Crippen LogP contribution in [0.3, 0.4) is 0 Å². The van der Waals surface area contributed by atoms with Gasteiger partial charge in [-0.3, -0.25) is 9.59 Å². The summed E-state index contributed by atoms with van der Waals surface area (Å²) >= 11 is 0. The van der Waals surface area contributed by atoms with Gasteiger partial charge < -0.3 is 14.8 Å². The highest BCUT2D eigenvalue weighted by Gasteiger charge is 2.34. The molecule has 2 heterocycles. The smallest absolute Gasteiger partial charge is 0.246 e. The summed E-state index contributed by atoms with van der Waals surface area (Å²) in [6.45, 7) is 7.56. The van der Waals surface area contributed by atoms with Gasteiger partial charge in [0.15, 0.2) is 0 Å². The van der Waals surface area contributed by atoms with Crippen LogP contribution in [0.15, 0.2) is 24.3 Å². The molecule has 1 N–H and O–H groups in total. The molecular weight excluding hydrogens is 352 g/mol. The molecule has 1 saturated heterocycles. The molecule has 0 bridgehead atoms. The lowest BCUT2D eigenvalue weighted by Crippen LogP contribution is -2.54. The molecular formula is C22H28N4O2. The Balaban J connectivity index is 1.41. The highest BCUT2D eigenvalue weighted by molar-refractivity contribution is 5.98. The van der Waals surface area contributed by atoms with Crippen LogP contribution in [0.1, 0.15) is 49.0 Å². The molecule has 1 aliphatic carbocycles. The molecule has 1 atom stereocenters. The fourth-order valence-corrected chi connectivity index (χ4v) is 4.10. The van der Waals surface area contributed by atoms with Gasteiger partial charge in [-0.25, -0.2) is 4.98 Å². The van der Waals surface area contributed by atoms with Crippen molar-refractivity contribution in [1.82, 2.24) is 14.9 Å². The van der Waals surface area contributed by atoms with E-state index < -0.39 is 0 Å². The van der Waals surface area contributed by atoms with Crippen LogP contribution in [0.4, 0.5) is 5.69 Å². The SMILES string of the molecule is Cc1ccc(N2CCN(C(=O)C3CCc4nc(C(C)C)[nH]c4C3)CC2=O)cc1.